The third-order valence-corrected chi connectivity index (χ3v) is 5.42. The van der Waals surface area contributed by atoms with Gasteiger partial charge >= 0.3 is 0 Å². The molecule has 132 valence electrons. The molecule has 4 rings (SSSR count). The SMILES string of the molecule is Cc1ccc(-n2nnnc2SCC(=O)N2c3ccccc3C[C@@H]2C)cc1. The predicted molar refractivity (Wildman–Crippen MR) is 102 cm³/mol. The molecule has 0 unspecified atom stereocenters. The van der Waals surface area contributed by atoms with Crippen molar-refractivity contribution in [1.29, 1.82) is 0 Å². The van der Waals surface area contributed by atoms with E-state index >= 15 is 0 Å². The molecule has 2 heterocycles. The van der Waals surface area contributed by atoms with Crippen LogP contribution in [0.4, 0.5) is 5.69 Å². The topological polar surface area (TPSA) is 63.9 Å². The molecule has 26 heavy (non-hydrogen) atoms. The zero-order chi connectivity index (χ0) is 18.1. The van der Waals surface area contributed by atoms with Crippen LogP contribution in [0.3, 0.4) is 0 Å². The second-order valence-electron chi connectivity index (χ2n) is 6.44. The summed E-state index contributed by atoms with van der Waals surface area (Å²) in [6.45, 7) is 4.12. The van der Waals surface area contributed by atoms with Crippen LogP contribution in [0.15, 0.2) is 53.7 Å². The van der Waals surface area contributed by atoms with Crippen molar-refractivity contribution in [2.45, 2.75) is 31.5 Å². The van der Waals surface area contributed by atoms with Gasteiger partial charge in [-0.25, -0.2) is 0 Å². The number of fused-ring (bicyclic) bond motifs is 1. The van der Waals surface area contributed by atoms with Gasteiger partial charge in [-0.2, -0.15) is 4.68 Å². The van der Waals surface area contributed by atoms with E-state index in [1.165, 1.54) is 22.9 Å². The van der Waals surface area contributed by atoms with E-state index < -0.39 is 0 Å². The first-order valence-electron chi connectivity index (χ1n) is 8.51. The number of rotatable bonds is 4. The Morgan fingerprint density at radius 1 is 1.19 bits per heavy atom. The fourth-order valence-corrected chi connectivity index (χ4v) is 4.01. The minimum absolute atomic E-state index is 0.0749. The highest BCUT2D eigenvalue weighted by atomic mass is 32.2. The maximum Gasteiger partial charge on any atom is 0.237 e. The number of tetrazole rings is 1. The molecular weight excluding hydrogens is 346 g/mol. The molecule has 1 aromatic heterocycles. The number of benzene rings is 2. The van der Waals surface area contributed by atoms with Crippen molar-refractivity contribution in [3.63, 3.8) is 0 Å². The summed E-state index contributed by atoms with van der Waals surface area (Å²) in [7, 11) is 0. The molecule has 3 aromatic rings. The highest BCUT2D eigenvalue weighted by Gasteiger charge is 2.30. The molecule has 1 aliphatic rings. The van der Waals surface area contributed by atoms with Gasteiger partial charge in [0.15, 0.2) is 0 Å². The summed E-state index contributed by atoms with van der Waals surface area (Å²) in [5.74, 6) is 0.371. The Bertz CT molecular complexity index is 937. The van der Waals surface area contributed by atoms with E-state index in [1.54, 1.807) is 4.68 Å². The van der Waals surface area contributed by atoms with Crippen LogP contribution in [0.25, 0.3) is 5.69 Å². The first kappa shape index (κ1) is 16.8. The lowest BCUT2D eigenvalue weighted by Crippen LogP contribution is -2.37. The Hall–Kier alpha value is -2.67. The Morgan fingerprint density at radius 2 is 1.96 bits per heavy atom. The summed E-state index contributed by atoms with van der Waals surface area (Å²) in [4.78, 5) is 14.7. The smallest absolute Gasteiger partial charge is 0.237 e. The largest absolute Gasteiger partial charge is 0.308 e. The van der Waals surface area contributed by atoms with Crippen LogP contribution in [0.2, 0.25) is 0 Å². The summed E-state index contributed by atoms with van der Waals surface area (Å²) in [6.07, 6.45) is 0.897. The van der Waals surface area contributed by atoms with Crippen molar-refractivity contribution in [2.75, 3.05) is 10.7 Å². The molecule has 1 amide bonds. The Balaban J connectivity index is 1.49. The van der Waals surface area contributed by atoms with Crippen molar-refractivity contribution in [3.8, 4) is 5.69 Å². The molecule has 0 N–H and O–H groups in total. The van der Waals surface area contributed by atoms with Gasteiger partial charge in [0.05, 0.1) is 11.4 Å². The highest BCUT2D eigenvalue weighted by molar-refractivity contribution is 7.99. The Morgan fingerprint density at radius 3 is 2.77 bits per heavy atom. The first-order chi connectivity index (χ1) is 12.6. The lowest BCUT2D eigenvalue weighted by atomic mass is 10.1. The normalized spacial score (nSPS) is 15.9. The van der Waals surface area contributed by atoms with Gasteiger partial charge in [0.1, 0.15) is 0 Å². The lowest BCUT2D eigenvalue weighted by molar-refractivity contribution is -0.116. The number of carbonyl (C=O) groups is 1. The van der Waals surface area contributed by atoms with Crippen molar-refractivity contribution < 1.29 is 4.79 Å². The fourth-order valence-electron chi connectivity index (χ4n) is 3.26. The van der Waals surface area contributed by atoms with E-state index in [0.29, 0.717) is 10.9 Å². The van der Waals surface area contributed by atoms with Crippen molar-refractivity contribution in [3.05, 3.63) is 59.7 Å². The summed E-state index contributed by atoms with van der Waals surface area (Å²) in [5, 5.41) is 12.5. The number of aryl methyl sites for hydroxylation is 1. The summed E-state index contributed by atoms with van der Waals surface area (Å²) >= 11 is 1.36. The van der Waals surface area contributed by atoms with E-state index in [-0.39, 0.29) is 11.9 Å². The van der Waals surface area contributed by atoms with Gasteiger partial charge < -0.3 is 4.90 Å². The van der Waals surface area contributed by atoms with Crippen LogP contribution in [0.1, 0.15) is 18.1 Å². The number of para-hydroxylation sites is 1. The van der Waals surface area contributed by atoms with Gasteiger partial charge in [0, 0.05) is 11.7 Å². The third-order valence-electron chi connectivity index (χ3n) is 4.52. The van der Waals surface area contributed by atoms with E-state index in [9.17, 15) is 4.79 Å². The van der Waals surface area contributed by atoms with Crippen LogP contribution in [0, 0.1) is 6.92 Å². The summed E-state index contributed by atoms with van der Waals surface area (Å²) < 4.78 is 1.67. The van der Waals surface area contributed by atoms with Crippen molar-refractivity contribution in [1.82, 2.24) is 20.2 Å². The highest BCUT2D eigenvalue weighted by Crippen LogP contribution is 2.32. The number of thioether (sulfide) groups is 1. The standard InChI is InChI=1S/C19H19N5OS/c1-13-7-9-16(10-8-13)24-19(20-21-22-24)26-12-18(25)23-14(2)11-15-5-3-4-6-17(15)23/h3-10,14H,11-12H2,1-2H3/t14-/m0/s1. The van der Waals surface area contributed by atoms with Gasteiger partial charge in [-0.1, -0.05) is 47.7 Å². The van der Waals surface area contributed by atoms with Crippen LogP contribution in [-0.4, -0.2) is 37.9 Å². The number of hydrogen-bond donors (Lipinski definition) is 0. The number of hydrogen-bond acceptors (Lipinski definition) is 5. The zero-order valence-corrected chi connectivity index (χ0v) is 15.5. The van der Waals surface area contributed by atoms with Gasteiger partial charge in [0.25, 0.3) is 0 Å². The minimum atomic E-state index is 0.0749. The number of carbonyl (C=O) groups excluding carboxylic acids is 1. The lowest BCUT2D eigenvalue weighted by Gasteiger charge is -2.22. The molecule has 6 nitrogen and oxygen atoms in total. The fraction of sp³-hybridized carbons (Fsp3) is 0.263. The monoisotopic (exact) mass is 365 g/mol. The number of anilines is 1. The van der Waals surface area contributed by atoms with E-state index in [2.05, 4.69) is 28.5 Å². The molecule has 0 saturated heterocycles. The maximum absolute atomic E-state index is 12.8. The molecule has 0 radical (unpaired) electrons. The quantitative estimate of drug-likeness (QED) is 0.665. The molecular formula is C19H19N5OS. The van der Waals surface area contributed by atoms with Crippen LogP contribution in [0.5, 0.6) is 0 Å². The van der Waals surface area contributed by atoms with Crippen LogP contribution >= 0.6 is 11.8 Å². The summed E-state index contributed by atoms with van der Waals surface area (Å²) in [6, 6.07) is 16.2. The van der Waals surface area contributed by atoms with Crippen LogP contribution < -0.4 is 4.90 Å². The number of aromatic nitrogens is 4. The molecule has 0 fully saturated rings. The van der Waals surface area contributed by atoms with Gasteiger partial charge in [-0.3, -0.25) is 4.79 Å². The number of nitrogens with zero attached hydrogens (tertiary/aromatic N) is 5. The molecule has 0 saturated carbocycles. The maximum atomic E-state index is 12.8. The van der Waals surface area contributed by atoms with Gasteiger partial charge in [0.2, 0.25) is 11.1 Å². The number of amides is 1. The Kier molecular flexibility index (Phi) is 4.46. The third kappa shape index (κ3) is 3.10. The van der Waals surface area contributed by atoms with E-state index in [1.807, 2.05) is 54.3 Å². The molecule has 0 spiro atoms. The average molecular weight is 365 g/mol. The molecule has 2 aromatic carbocycles. The van der Waals surface area contributed by atoms with Crippen LogP contribution in [-0.2, 0) is 11.2 Å². The van der Waals surface area contributed by atoms with Crippen molar-refractivity contribution in [2.24, 2.45) is 0 Å². The van der Waals surface area contributed by atoms with E-state index in [0.717, 1.165) is 17.8 Å². The van der Waals surface area contributed by atoms with Gasteiger partial charge in [-0.05, 0) is 54.5 Å². The van der Waals surface area contributed by atoms with E-state index in [4.69, 9.17) is 0 Å². The molecule has 1 atom stereocenters. The van der Waals surface area contributed by atoms with Crippen molar-refractivity contribution >= 4 is 23.4 Å². The molecule has 0 bridgehead atoms. The predicted octanol–water partition coefficient (Wildman–Crippen LogP) is 3.04. The second-order valence-corrected chi connectivity index (χ2v) is 7.39. The molecule has 1 aliphatic heterocycles. The van der Waals surface area contributed by atoms with Gasteiger partial charge in [-0.15, -0.1) is 5.10 Å². The minimum Gasteiger partial charge on any atom is -0.308 e. The zero-order valence-electron chi connectivity index (χ0n) is 14.7. The first-order valence-corrected chi connectivity index (χ1v) is 9.50. The summed E-state index contributed by atoms with van der Waals surface area (Å²) in [5.41, 5.74) is 4.30. The second kappa shape index (κ2) is 6.92. The average Bonchev–Trinajstić information content (AvgIpc) is 3.23. The Labute approximate surface area is 156 Å². The molecule has 7 heteroatoms. The molecule has 0 aliphatic carbocycles.